The van der Waals surface area contributed by atoms with E-state index >= 15 is 0 Å². The van der Waals surface area contributed by atoms with Crippen molar-refractivity contribution in [2.75, 3.05) is 17.6 Å². The van der Waals surface area contributed by atoms with E-state index in [1.807, 2.05) is 6.07 Å². The Morgan fingerprint density at radius 1 is 1.26 bits per heavy atom. The molecule has 4 heteroatoms. The van der Waals surface area contributed by atoms with Gasteiger partial charge in [-0.15, -0.1) is 0 Å². The molecule has 0 aliphatic rings. The first-order valence-corrected chi connectivity index (χ1v) is 6.89. The van der Waals surface area contributed by atoms with E-state index in [2.05, 4.69) is 46.4 Å². The molecule has 3 N–H and O–H groups in total. The largest absolute Gasteiger partial charge is 0.397 e. The molecule has 0 aliphatic heterocycles. The number of nitrogen functional groups attached to an aromatic ring is 1. The van der Waals surface area contributed by atoms with Crippen LogP contribution in [0.1, 0.15) is 11.1 Å². The maximum absolute atomic E-state index is 13.2. The van der Waals surface area contributed by atoms with E-state index in [0.717, 1.165) is 18.7 Å². The lowest BCUT2D eigenvalue weighted by Gasteiger charge is -2.10. The van der Waals surface area contributed by atoms with E-state index in [-0.39, 0.29) is 5.82 Å². The lowest BCUT2D eigenvalue weighted by molar-refractivity contribution is 0.622. The maximum atomic E-state index is 13.2. The Hall–Kier alpha value is -1.55. The summed E-state index contributed by atoms with van der Waals surface area (Å²) in [4.78, 5) is 0. The smallest absolute Gasteiger partial charge is 0.139 e. The number of rotatable bonds is 4. The standard InChI is InChI=1S/C15H16BrFN2/c1-10-3-2-4-11(7-10)5-6-19-15-8-12(16)13(17)9-14(15)18/h2-4,7-9,19H,5-6,18H2,1H3. The molecule has 0 radical (unpaired) electrons. The van der Waals surface area contributed by atoms with Crippen molar-refractivity contribution < 1.29 is 4.39 Å². The normalized spacial score (nSPS) is 10.5. The molecular formula is C15H16BrFN2. The molecule has 0 bridgehead atoms. The van der Waals surface area contributed by atoms with Crippen LogP contribution in [-0.4, -0.2) is 6.54 Å². The quantitative estimate of drug-likeness (QED) is 0.830. The Morgan fingerprint density at radius 2 is 2.05 bits per heavy atom. The Balaban J connectivity index is 1.98. The third-order valence-corrected chi connectivity index (χ3v) is 3.51. The number of hydrogen-bond acceptors (Lipinski definition) is 2. The van der Waals surface area contributed by atoms with Crippen LogP contribution in [0.5, 0.6) is 0 Å². The molecule has 0 unspecified atom stereocenters. The van der Waals surface area contributed by atoms with Crippen molar-refractivity contribution in [3.63, 3.8) is 0 Å². The van der Waals surface area contributed by atoms with Gasteiger partial charge in [-0.05, 0) is 40.9 Å². The molecular weight excluding hydrogens is 307 g/mol. The highest BCUT2D eigenvalue weighted by Gasteiger charge is 2.05. The van der Waals surface area contributed by atoms with E-state index in [9.17, 15) is 4.39 Å². The summed E-state index contributed by atoms with van der Waals surface area (Å²) in [6.45, 7) is 2.83. The van der Waals surface area contributed by atoms with E-state index in [4.69, 9.17) is 5.73 Å². The third kappa shape index (κ3) is 3.70. The van der Waals surface area contributed by atoms with Crippen LogP contribution in [0, 0.1) is 12.7 Å². The van der Waals surface area contributed by atoms with Crippen molar-refractivity contribution in [2.24, 2.45) is 0 Å². The fourth-order valence-corrected chi connectivity index (χ4v) is 2.27. The second-order valence-electron chi connectivity index (χ2n) is 4.52. The van der Waals surface area contributed by atoms with Gasteiger partial charge < -0.3 is 11.1 Å². The molecule has 0 heterocycles. The van der Waals surface area contributed by atoms with Crippen molar-refractivity contribution in [3.05, 3.63) is 57.8 Å². The van der Waals surface area contributed by atoms with Crippen LogP contribution >= 0.6 is 15.9 Å². The molecule has 0 saturated heterocycles. The molecule has 19 heavy (non-hydrogen) atoms. The number of nitrogens with two attached hydrogens (primary N) is 1. The second kappa shape index (κ2) is 6.06. The molecule has 0 atom stereocenters. The summed E-state index contributed by atoms with van der Waals surface area (Å²) in [5.41, 5.74) is 9.46. The van der Waals surface area contributed by atoms with Gasteiger partial charge in [0, 0.05) is 12.6 Å². The fraction of sp³-hybridized carbons (Fsp3) is 0.200. The van der Waals surface area contributed by atoms with Crippen molar-refractivity contribution >= 4 is 27.3 Å². The summed E-state index contributed by atoms with van der Waals surface area (Å²) in [7, 11) is 0. The SMILES string of the molecule is Cc1cccc(CCNc2cc(Br)c(F)cc2N)c1. The molecule has 0 aromatic heterocycles. The molecule has 0 aliphatic carbocycles. The van der Waals surface area contributed by atoms with Crippen LogP contribution in [-0.2, 0) is 6.42 Å². The number of aryl methyl sites for hydroxylation is 1. The van der Waals surface area contributed by atoms with Crippen LogP contribution in [0.3, 0.4) is 0 Å². The van der Waals surface area contributed by atoms with E-state index in [1.165, 1.54) is 17.2 Å². The van der Waals surface area contributed by atoms with Gasteiger partial charge in [0.05, 0.1) is 15.8 Å². The maximum Gasteiger partial charge on any atom is 0.139 e. The number of nitrogens with one attached hydrogen (secondary N) is 1. The number of benzene rings is 2. The summed E-state index contributed by atoms with van der Waals surface area (Å²) in [5, 5.41) is 3.23. The van der Waals surface area contributed by atoms with Gasteiger partial charge in [0.2, 0.25) is 0 Å². The number of anilines is 2. The zero-order chi connectivity index (χ0) is 13.8. The zero-order valence-corrected chi connectivity index (χ0v) is 12.3. The minimum absolute atomic E-state index is 0.346. The Kier molecular flexibility index (Phi) is 4.43. The number of halogens is 2. The third-order valence-electron chi connectivity index (χ3n) is 2.90. The Morgan fingerprint density at radius 3 is 2.79 bits per heavy atom. The first-order chi connectivity index (χ1) is 9.06. The second-order valence-corrected chi connectivity index (χ2v) is 5.37. The van der Waals surface area contributed by atoms with Crippen LogP contribution in [0.25, 0.3) is 0 Å². The predicted molar refractivity (Wildman–Crippen MR) is 81.9 cm³/mol. The van der Waals surface area contributed by atoms with Gasteiger partial charge in [0.15, 0.2) is 0 Å². The van der Waals surface area contributed by atoms with Gasteiger partial charge in [-0.2, -0.15) is 0 Å². The van der Waals surface area contributed by atoms with Gasteiger partial charge in [-0.3, -0.25) is 0 Å². The summed E-state index contributed by atoms with van der Waals surface area (Å²) in [5.74, 6) is -0.346. The summed E-state index contributed by atoms with van der Waals surface area (Å²) >= 11 is 3.16. The summed E-state index contributed by atoms with van der Waals surface area (Å²) in [6, 6.07) is 11.4. The van der Waals surface area contributed by atoms with Gasteiger partial charge in [-0.1, -0.05) is 29.8 Å². The van der Waals surface area contributed by atoms with Gasteiger partial charge >= 0.3 is 0 Å². The average molecular weight is 323 g/mol. The lowest BCUT2D eigenvalue weighted by Crippen LogP contribution is -2.07. The van der Waals surface area contributed by atoms with Crippen LogP contribution < -0.4 is 11.1 Å². The monoisotopic (exact) mass is 322 g/mol. The zero-order valence-electron chi connectivity index (χ0n) is 10.7. The molecule has 0 saturated carbocycles. The highest BCUT2D eigenvalue weighted by Crippen LogP contribution is 2.26. The van der Waals surface area contributed by atoms with Crippen LogP contribution in [0.15, 0.2) is 40.9 Å². The van der Waals surface area contributed by atoms with E-state index < -0.39 is 0 Å². The summed E-state index contributed by atoms with van der Waals surface area (Å²) in [6.07, 6.45) is 0.899. The average Bonchev–Trinajstić information content (AvgIpc) is 2.35. The van der Waals surface area contributed by atoms with Crippen molar-refractivity contribution in [2.45, 2.75) is 13.3 Å². The topological polar surface area (TPSA) is 38.0 Å². The summed E-state index contributed by atoms with van der Waals surface area (Å²) < 4.78 is 13.7. The molecule has 0 spiro atoms. The molecule has 2 nitrogen and oxygen atoms in total. The van der Waals surface area contributed by atoms with Gasteiger partial charge in [0.25, 0.3) is 0 Å². The number of hydrogen-bond donors (Lipinski definition) is 2. The Bertz CT molecular complexity index is 584. The highest BCUT2D eigenvalue weighted by molar-refractivity contribution is 9.10. The van der Waals surface area contributed by atoms with Crippen LogP contribution in [0.2, 0.25) is 0 Å². The molecule has 2 rings (SSSR count). The van der Waals surface area contributed by atoms with Crippen molar-refractivity contribution in [1.82, 2.24) is 0 Å². The van der Waals surface area contributed by atoms with Gasteiger partial charge in [-0.25, -0.2) is 4.39 Å². The van der Waals surface area contributed by atoms with E-state index in [1.54, 1.807) is 6.07 Å². The highest BCUT2D eigenvalue weighted by atomic mass is 79.9. The molecule has 2 aromatic carbocycles. The van der Waals surface area contributed by atoms with Crippen molar-refractivity contribution in [3.8, 4) is 0 Å². The minimum Gasteiger partial charge on any atom is -0.397 e. The van der Waals surface area contributed by atoms with E-state index in [0.29, 0.717) is 10.2 Å². The minimum atomic E-state index is -0.346. The molecule has 2 aromatic rings. The lowest BCUT2D eigenvalue weighted by atomic mass is 10.1. The predicted octanol–water partition coefficient (Wildman–Crippen LogP) is 4.13. The first kappa shape index (κ1) is 13.9. The van der Waals surface area contributed by atoms with Crippen molar-refractivity contribution in [1.29, 1.82) is 0 Å². The first-order valence-electron chi connectivity index (χ1n) is 6.10. The molecule has 0 fully saturated rings. The molecule has 100 valence electrons. The molecule has 0 amide bonds. The fourth-order valence-electron chi connectivity index (χ4n) is 1.92. The van der Waals surface area contributed by atoms with Gasteiger partial charge in [0.1, 0.15) is 5.82 Å². The Labute approximate surface area is 121 Å². The van der Waals surface area contributed by atoms with Crippen LogP contribution in [0.4, 0.5) is 15.8 Å².